The lowest BCUT2D eigenvalue weighted by Crippen LogP contribution is -2.38. The molecule has 0 radical (unpaired) electrons. The quantitative estimate of drug-likeness (QED) is 0.528. The lowest BCUT2D eigenvalue weighted by molar-refractivity contribution is -0.114. The van der Waals surface area contributed by atoms with Crippen molar-refractivity contribution in [3.63, 3.8) is 0 Å². The molecule has 3 rings (SSSR count). The summed E-state index contributed by atoms with van der Waals surface area (Å²) in [5.41, 5.74) is 4.47. The molecule has 1 aliphatic carbocycles. The molecule has 0 aliphatic heterocycles. The molecule has 29 heavy (non-hydrogen) atoms. The van der Waals surface area contributed by atoms with Crippen molar-refractivity contribution in [2.75, 3.05) is 18.2 Å². The zero-order valence-electron chi connectivity index (χ0n) is 16.8. The molecule has 2 aromatic carbocycles. The summed E-state index contributed by atoms with van der Waals surface area (Å²) in [5.74, 6) is -1.62. The highest BCUT2D eigenvalue weighted by Crippen LogP contribution is 2.46. The summed E-state index contributed by atoms with van der Waals surface area (Å²) < 4.78 is 5.41. The lowest BCUT2D eigenvalue weighted by Gasteiger charge is -2.23. The van der Waals surface area contributed by atoms with Crippen LogP contribution in [0, 0.1) is 0 Å². The standard InChI is InChI=1S/C22H24N2O5/c1-5-11(2)13-6-7-14(17(10-13)29-4)22(28)20(26)18-15(23)8-9-16(24-12(3)25)19(18)21(22)27/h6-11,28H,5,23H2,1-4H3,(H,24,25). The first-order valence-electron chi connectivity index (χ1n) is 9.37. The van der Waals surface area contributed by atoms with Gasteiger partial charge in [-0.3, -0.25) is 14.4 Å². The Morgan fingerprint density at radius 3 is 2.45 bits per heavy atom. The van der Waals surface area contributed by atoms with Gasteiger partial charge in [-0.2, -0.15) is 0 Å². The van der Waals surface area contributed by atoms with Crippen LogP contribution in [0.25, 0.3) is 0 Å². The van der Waals surface area contributed by atoms with E-state index in [1.807, 2.05) is 13.8 Å². The van der Waals surface area contributed by atoms with Gasteiger partial charge in [0.15, 0.2) is 0 Å². The van der Waals surface area contributed by atoms with Crippen LogP contribution in [-0.2, 0) is 10.4 Å². The van der Waals surface area contributed by atoms with Gasteiger partial charge >= 0.3 is 0 Å². The van der Waals surface area contributed by atoms with Crippen molar-refractivity contribution in [3.05, 3.63) is 52.6 Å². The number of nitrogens with two attached hydrogens (primary N) is 1. The Balaban J connectivity index is 2.21. The highest BCUT2D eigenvalue weighted by atomic mass is 16.5. The molecule has 1 aliphatic rings. The Bertz CT molecular complexity index is 1030. The fraction of sp³-hybridized carbons (Fsp3) is 0.318. The second-order valence-corrected chi connectivity index (χ2v) is 7.27. The van der Waals surface area contributed by atoms with E-state index < -0.39 is 23.1 Å². The van der Waals surface area contributed by atoms with Crippen LogP contribution >= 0.6 is 0 Å². The molecule has 2 aromatic rings. The van der Waals surface area contributed by atoms with Gasteiger partial charge in [0, 0.05) is 18.2 Å². The number of nitrogens with one attached hydrogen (secondary N) is 1. The Morgan fingerprint density at radius 1 is 1.21 bits per heavy atom. The third kappa shape index (κ3) is 3.07. The molecule has 7 nitrogen and oxygen atoms in total. The smallest absolute Gasteiger partial charge is 0.221 e. The van der Waals surface area contributed by atoms with Crippen molar-refractivity contribution < 1.29 is 24.2 Å². The number of anilines is 2. The Morgan fingerprint density at radius 2 is 1.86 bits per heavy atom. The van der Waals surface area contributed by atoms with Crippen LogP contribution in [-0.4, -0.2) is 29.7 Å². The molecule has 152 valence electrons. The highest BCUT2D eigenvalue weighted by Gasteiger charge is 2.56. The van der Waals surface area contributed by atoms with Gasteiger partial charge in [0.1, 0.15) is 5.75 Å². The number of aliphatic hydroxyl groups is 1. The fourth-order valence-electron chi connectivity index (χ4n) is 3.65. The van der Waals surface area contributed by atoms with Crippen LogP contribution in [0.2, 0.25) is 0 Å². The molecule has 0 saturated heterocycles. The summed E-state index contributed by atoms with van der Waals surface area (Å²) in [4.78, 5) is 38.0. The number of hydrogen-bond acceptors (Lipinski definition) is 6. The predicted octanol–water partition coefficient (Wildman–Crippen LogP) is 3.02. The maximum absolute atomic E-state index is 13.3. The zero-order chi connectivity index (χ0) is 21.5. The van der Waals surface area contributed by atoms with Gasteiger partial charge in [0.2, 0.25) is 23.1 Å². The van der Waals surface area contributed by atoms with Crippen molar-refractivity contribution >= 4 is 28.8 Å². The van der Waals surface area contributed by atoms with Crippen LogP contribution in [0.1, 0.15) is 65.0 Å². The third-order valence-electron chi connectivity index (χ3n) is 5.46. The summed E-state index contributed by atoms with van der Waals surface area (Å²) in [7, 11) is 1.41. The Labute approximate surface area is 168 Å². The first kappa shape index (κ1) is 20.5. The van der Waals surface area contributed by atoms with E-state index in [0.717, 1.165) is 12.0 Å². The van der Waals surface area contributed by atoms with Crippen LogP contribution in [0.4, 0.5) is 11.4 Å². The molecule has 0 aromatic heterocycles. The van der Waals surface area contributed by atoms with Gasteiger partial charge in [-0.25, -0.2) is 0 Å². The number of amides is 1. The molecule has 0 fully saturated rings. The van der Waals surface area contributed by atoms with E-state index >= 15 is 0 Å². The molecule has 1 amide bonds. The second-order valence-electron chi connectivity index (χ2n) is 7.27. The topological polar surface area (TPSA) is 119 Å². The van der Waals surface area contributed by atoms with Crippen LogP contribution in [0.5, 0.6) is 5.75 Å². The van der Waals surface area contributed by atoms with Crippen molar-refractivity contribution in [2.45, 2.75) is 38.7 Å². The number of carbonyl (C=O) groups is 3. The average Bonchev–Trinajstić information content (AvgIpc) is 2.91. The first-order valence-corrected chi connectivity index (χ1v) is 9.37. The molecular formula is C22H24N2O5. The minimum absolute atomic E-state index is 0.0476. The number of rotatable bonds is 5. The maximum Gasteiger partial charge on any atom is 0.221 e. The second kappa shape index (κ2) is 7.33. The summed E-state index contributed by atoms with van der Waals surface area (Å²) in [5, 5.41) is 13.9. The van der Waals surface area contributed by atoms with Crippen molar-refractivity contribution in [1.82, 2.24) is 0 Å². The zero-order valence-corrected chi connectivity index (χ0v) is 16.8. The van der Waals surface area contributed by atoms with Gasteiger partial charge in [0.05, 0.1) is 23.9 Å². The number of fused-ring (bicyclic) bond motifs is 1. The van der Waals surface area contributed by atoms with Gasteiger partial charge in [-0.05, 0) is 36.1 Å². The normalized spacial score (nSPS) is 19.1. The minimum atomic E-state index is -2.48. The molecule has 0 spiro atoms. The summed E-state index contributed by atoms with van der Waals surface area (Å²) in [6.07, 6.45) is 0.896. The number of benzene rings is 2. The molecule has 4 N–H and O–H groups in total. The van der Waals surface area contributed by atoms with Crippen LogP contribution in [0.15, 0.2) is 30.3 Å². The summed E-state index contributed by atoms with van der Waals surface area (Å²) in [6.45, 7) is 5.38. The van der Waals surface area contributed by atoms with E-state index in [2.05, 4.69) is 5.32 Å². The van der Waals surface area contributed by atoms with Crippen LogP contribution < -0.4 is 15.8 Å². The minimum Gasteiger partial charge on any atom is -0.496 e. The largest absolute Gasteiger partial charge is 0.496 e. The van der Waals surface area contributed by atoms with Crippen molar-refractivity contribution in [3.8, 4) is 5.75 Å². The van der Waals surface area contributed by atoms with Gasteiger partial charge < -0.3 is 20.9 Å². The molecule has 0 saturated carbocycles. The molecule has 7 heteroatoms. The average molecular weight is 396 g/mol. The molecule has 0 heterocycles. The summed E-state index contributed by atoms with van der Waals surface area (Å²) >= 11 is 0. The van der Waals surface area contributed by atoms with Crippen molar-refractivity contribution in [2.24, 2.45) is 0 Å². The molecular weight excluding hydrogens is 372 g/mol. The summed E-state index contributed by atoms with van der Waals surface area (Å²) in [6, 6.07) is 7.89. The number of nitrogen functional groups attached to an aromatic ring is 1. The van der Waals surface area contributed by atoms with E-state index in [1.165, 1.54) is 32.2 Å². The van der Waals surface area contributed by atoms with Crippen LogP contribution in [0.3, 0.4) is 0 Å². The van der Waals surface area contributed by atoms with E-state index in [4.69, 9.17) is 10.5 Å². The SMILES string of the molecule is CCC(C)c1ccc(C2(O)C(=O)c3c(N)ccc(NC(C)=O)c3C2=O)c(OC)c1. The van der Waals surface area contributed by atoms with Gasteiger partial charge in [0.25, 0.3) is 0 Å². The lowest BCUT2D eigenvalue weighted by atomic mass is 9.86. The molecule has 2 atom stereocenters. The van der Waals surface area contributed by atoms with Gasteiger partial charge in [-0.15, -0.1) is 0 Å². The number of carbonyl (C=O) groups excluding carboxylic acids is 3. The number of hydrogen-bond donors (Lipinski definition) is 3. The van der Waals surface area contributed by atoms with E-state index in [-0.39, 0.29) is 39.7 Å². The third-order valence-corrected chi connectivity index (χ3v) is 5.46. The van der Waals surface area contributed by atoms with Gasteiger partial charge in [-0.1, -0.05) is 26.0 Å². The fourth-order valence-corrected chi connectivity index (χ4v) is 3.65. The number of methoxy groups -OCH3 is 1. The Hall–Kier alpha value is -3.19. The molecule has 2 unspecified atom stereocenters. The number of ketones is 2. The number of Topliss-reactive ketones (excluding diaryl/α,β-unsaturated/α-hetero) is 2. The monoisotopic (exact) mass is 396 g/mol. The predicted molar refractivity (Wildman–Crippen MR) is 109 cm³/mol. The molecule has 0 bridgehead atoms. The first-order chi connectivity index (χ1) is 13.7. The highest BCUT2D eigenvalue weighted by molar-refractivity contribution is 6.35. The van der Waals surface area contributed by atoms with Crippen molar-refractivity contribution in [1.29, 1.82) is 0 Å². The van der Waals surface area contributed by atoms with E-state index in [1.54, 1.807) is 12.1 Å². The Kier molecular flexibility index (Phi) is 5.19. The number of ether oxygens (including phenoxy) is 1. The maximum atomic E-state index is 13.3. The van der Waals surface area contributed by atoms with E-state index in [9.17, 15) is 19.5 Å². The van der Waals surface area contributed by atoms with E-state index in [0.29, 0.717) is 0 Å².